The van der Waals surface area contributed by atoms with Gasteiger partial charge in [0.25, 0.3) is 5.91 Å². The highest BCUT2D eigenvalue weighted by molar-refractivity contribution is 6.03. The Balaban J connectivity index is 1.72. The van der Waals surface area contributed by atoms with E-state index < -0.39 is 0 Å². The van der Waals surface area contributed by atoms with Gasteiger partial charge in [-0.25, -0.2) is 0 Å². The van der Waals surface area contributed by atoms with Crippen LogP contribution in [0.3, 0.4) is 0 Å². The first-order chi connectivity index (χ1) is 12.1. The molecule has 2 N–H and O–H groups in total. The standard InChI is InChI=1S/C20H26N2O3/c1-3-17-12-14(2)19(25-17)20(24)21-18-7-5-4-6-15(18)13-22-10-8-16(23)9-11-22/h4-7,12,16,23H,3,8-11,13H2,1-2H3,(H,21,24). The lowest BCUT2D eigenvalue weighted by molar-refractivity contribution is 0.0793. The van der Waals surface area contributed by atoms with Crippen molar-refractivity contribution in [2.24, 2.45) is 0 Å². The van der Waals surface area contributed by atoms with E-state index in [4.69, 9.17) is 4.42 Å². The Morgan fingerprint density at radius 3 is 2.72 bits per heavy atom. The number of furan rings is 1. The number of aryl methyl sites for hydroxylation is 2. The fraction of sp³-hybridized carbons (Fsp3) is 0.450. The van der Waals surface area contributed by atoms with E-state index in [0.717, 1.165) is 61.5 Å². The molecule has 3 rings (SSSR count). The number of piperidine rings is 1. The van der Waals surface area contributed by atoms with Gasteiger partial charge in [0.15, 0.2) is 5.76 Å². The fourth-order valence-electron chi connectivity index (χ4n) is 3.23. The van der Waals surface area contributed by atoms with Crippen LogP contribution in [0.4, 0.5) is 5.69 Å². The van der Waals surface area contributed by atoms with Crippen molar-refractivity contribution in [3.63, 3.8) is 0 Å². The molecule has 1 saturated heterocycles. The lowest BCUT2D eigenvalue weighted by Crippen LogP contribution is -2.35. The molecule has 1 fully saturated rings. The number of rotatable bonds is 5. The summed E-state index contributed by atoms with van der Waals surface area (Å²) in [6.07, 6.45) is 2.20. The molecule has 2 aromatic rings. The van der Waals surface area contributed by atoms with Gasteiger partial charge < -0.3 is 14.8 Å². The summed E-state index contributed by atoms with van der Waals surface area (Å²) >= 11 is 0. The number of hydrogen-bond donors (Lipinski definition) is 2. The summed E-state index contributed by atoms with van der Waals surface area (Å²) in [6.45, 7) is 6.41. The summed E-state index contributed by atoms with van der Waals surface area (Å²) in [5.74, 6) is 0.995. The van der Waals surface area contributed by atoms with Crippen LogP contribution in [0.2, 0.25) is 0 Å². The van der Waals surface area contributed by atoms with E-state index in [1.165, 1.54) is 0 Å². The van der Waals surface area contributed by atoms with Gasteiger partial charge in [-0.1, -0.05) is 25.1 Å². The highest BCUT2D eigenvalue weighted by atomic mass is 16.4. The van der Waals surface area contributed by atoms with Gasteiger partial charge in [0.2, 0.25) is 0 Å². The Labute approximate surface area is 148 Å². The zero-order chi connectivity index (χ0) is 17.8. The van der Waals surface area contributed by atoms with Crippen LogP contribution in [0.5, 0.6) is 0 Å². The van der Waals surface area contributed by atoms with E-state index in [1.807, 2.05) is 44.2 Å². The Morgan fingerprint density at radius 2 is 2.04 bits per heavy atom. The zero-order valence-electron chi connectivity index (χ0n) is 14.9. The number of nitrogens with zero attached hydrogens (tertiary/aromatic N) is 1. The highest BCUT2D eigenvalue weighted by Gasteiger charge is 2.20. The second kappa shape index (κ2) is 7.85. The maximum Gasteiger partial charge on any atom is 0.291 e. The fourth-order valence-corrected chi connectivity index (χ4v) is 3.23. The lowest BCUT2D eigenvalue weighted by atomic mass is 10.1. The number of aliphatic hydroxyl groups excluding tert-OH is 1. The summed E-state index contributed by atoms with van der Waals surface area (Å²) in [5, 5.41) is 12.6. The molecule has 1 aromatic carbocycles. The smallest absolute Gasteiger partial charge is 0.291 e. The molecule has 0 bridgehead atoms. The van der Waals surface area contributed by atoms with Crippen LogP contribution < -0.4 is 5.32 Å². The van der Waals surface area contributed by atoms with Gasteiger partial charge in [-0.2, -0.15) is 0 Å². The van der Waals surface area contributed by atoms with Gasteiger partial charge >= 0.3 is 0 Å². The number of aliphatic hydroxyl groups is 1. The third kappa shape index (κ3) is 4.30. The maximum absolute atomic E-state index is 12.6. The van der Waals surface area contributed by atoms with Crippen molar-refractivity contribution in [2.45, 2.75) is 45.8 Å². The quantitative estimate of drug-likeness (QED) is 0.874. The number of amides is 1. The largest absolute Gasteiger partial charge is 0.456 e. The molecule has 1 aliphatic heterocycles. The number of carbonyl (C=O) groups excluding carboxylic acids is 1. The number of hydrogen-bond acceptors (Lipinski definition) is 4. The van der Waals surface area contributed by atoms with Crippen LogP contribution in [0.25, 0.3) is 0 Å². The molecule has 1 aliphatic rings. The van der Waals surface area contributed by atoms with Crippen molar-refractivity contribution in [3.05, 3.63) is 53.0 Å². The molecule has 25 heavy (non-hydrogen) atoms. The molecule has 5 nitrogen and oxygen atoms in total. The summed E-state index contributed by atoms with van der Waals surface area (Å²) in [5.41, 5.74) is 2.75. The van der Waals surface area contributed by atoms with E-state index in [2.05, 4.69) is 10.2 Å². The Morgan fingerprint density at radius 1 is 1.32 bits per heavy atom. The van der Waals surface area contributed by atoms with Gasteiger partial charge in [-0.3, -0.25) is 9.69 Å². The zero-order valence-corrected chi connectivity index (χ0v) is 14.9. The monoisotopic (exact) mass is 342 g/mol. The molecule has 5 heteroatoms. The van der Waals surface area contributed by atoms with Crippen LogP contribution >= 0.6 is 0 Å². The van der Waals surface area contributed by atoms with E-state index in [1.54, 1.807) is 0 Å². The van der Waals surface area contributed by atoms with Crippen molar-refractivity contribution < 1.29 is 14.3 Å². The van der Waals surface area contributed by atoms with Crippen LogP contribution in [0, 0.1) is 6.92 Å². The van der Waals surface area contributed by atoms with Crippen LogP contribution in [0.1, 0.15) is 47.2 Å². The predicted molar refractivity (Wildman–Crippen MR) is 97.7 cm³/mol. The average Bonchev–Trinajstić information content (AvgIpc) is 3.00. The Bertz CT molecular complexity index is 730. The molecule has 134 valence electrons. The third-order valence-electron chi connectivity index (χ3n) is 4.74. The molecule has 2 heterocycles. The minimum absolute atomic E-state index is 0.180. The second-order valence-electron chi connectivity index (χ2n) is 6.70. The van der Waals surface area contributed by atoms with E-state index in [-0.39, 0.29) is 12.0 Å². The Hall–Kier alpha value is -2.11. The van der Waals surface area contributed by atoms with Crippen molar-refractivity contribution >= 4 is 11.6 Å². The number of benzene rings is 1. The van der Waals surface area contributed by atoms with E-state index in [9.17, 15) is 9.90 Å². The number of para-hydroxylation sites is 1. The summed E-state index contributed by atoms with van der Waals surface area (Å²) < 4.78 is 5.65. The van der Waals surface area contributed by atoms with Gasteiger partial charge in [-0.15, -0.1) is 0 Å². The first-order valence-corrected chi connectivity index (χ1v) is 8.95. The van der Waals surface area contributed by atoms with Gasteiger partial charge in [0, 0.05) is 37.3 Å². The third-order valence-corrected chi connectivity index (χ3v) is 4.74. The molecule has 0 unspecified atom stereocenters. The second-order valence-corrected chi connectivity index (χ2v) is 6.70. The molecule has 0 spiro atoms. The van der Waals surface area contributed by atoms with E-state index >= 15 is 0 Å². The molecular formula is C20H26N2O3. The van der Waals surface area contributed by atoms with Crippen molar-refractivity contribution in [2.75, 3.05) is 18.4 Å². The first-order valence-electron chi connectivity index (χ1n) is 8.95. The minimum atomic E-state index is -0.210. The summed E-state index contributed by atoms with van der Waals surface area (Å²) in [7, 11) is 0. The van der Waals surface area contributed by atoms with Gasteiger partial charge in [0.1, 0.15) is 5.76 Å². The van der Waals surface area contributed by atoms with Crippen molar-refractivity contribution in [3.8, 4) is 0 Å². The first kappa shape index (κ1) is 17.7. The SMILES string of the molecule is CCc1cc(C)c(C(=O)Nc2ccccc2CN2CCC(O)CC2)o1. The normalized spacial score (nSPS) is 16.1. The van der Waals surface area contributed by atoms with Crippen LogP contribution in [0.15, 0.2) is 34.7 Å². The molecule has 1 amide bonds. The van der Waals surface area contributed by atoms with Crippen LogP contribution in [-0.4, -0.2) is 35.1 Å². The molecule has 0 saturated carbocycles. The molecule has 1 aromatic heterocycles. The average molecular weight is 342 g/mol. The summed E-state index contributed by atoms with van der Waals surface area (Å²) in [4.78, 5) is 14.9. The molecule has 0 atom stereocenters. The molecular weight excluding hydrogens is 316 g/mol. The predicted octanol–water partition coefficient (Wildman–Crippen LogP) is 3.36. The van der Waals surface area contributed by atoms with Gasteiger partial charge in [0.05, 0.1) is 6.10 Å². The van der Waals surface area contributed by atoms with Crippen LogP contribution in [-0.2, 0) is 13.0 Å². The Kier molecular flexibility index (Phi) is 5.56. The number of nitrogens with one attached hydrogen (secondary N) is 1. The van der Waals surface area contributed by atoms with Crippen molar-refractivity contribution in [1.29, 1.82) is 0 Å². The molecule has 0 radical (unpaired) electrons. The topological polar surface area (TPSA) is 65.7 Å². The number of carbonyl (C=O) groups is 1. The van der Waals surface area contributed by atoms with Crippen molar-refractivity contribution in [1.82, 2.24) is 4.90 Å². The van der Waals surface area contributed by atoms with Gasteiger partial charge in [-0.05, 0) is 37.5 Å². The number of anilines is 1. The van der Waals surface area contributed by atoms with E-state index in [0.29, 0.717) is 5.76 Å². The summed E-state index contributed by atoms with van der Waals surface area (Å²) in [6, 6.07) is 9.78. The number of likely N-dealkylation sites (tertiary alicyclic amines) is 1. The highest BCUT2D eigenvalue weighted by Crippen LogP contribution is 2.22. The minimum Gasteiger partial charge on any atom is -0.456 e. The molecule has 0 aliphatic carbocycles. The lowest BCUT2D eigenvalue weighted by Gasteiger charge is -2.30. The maximum atomic E-state index is 12.6.